The summed E-state index contributed by atoms with van der Waals surface area (Å²) < 4.78 is 0. The number of ketones is 1. The number of Topliss-reactive ketones (excluding diaryl/α,β-unsaturated/α-hetero) is 1. The van der Waals surface area contributed by atoms with Crippen molar-refractivity contribution >= 4 is 5.78 Å². The molecule has 1 aromatic carbocycles. The van der Waals surface area contributed by atoms with E-state index in [1.54, 1.807) is 0 Å². The molecule has 0 radical (unpaired) electrons. The second-order valence-electron chi connectivity index (χ2n) is 5.09. The summed E-state index contributed by atoms with van der Waals surface area (Å²) in [5, 5.41) is 0. The van der Waals surface area contributed by atoms with Crippen LogP contribution in [0.15, 0.2) is 24.3 Å². The minimum absolute atomic E-state index is 0.261. The highest BCUT2D eigenvalue weighted by atomic mass is 16.1. The van der Waals surface area contributed by atoms with Crippen molar-refractivity contribution in [2.24, 2.45) is 11.7 Å². The first kappa shape index (κ1) is 14.9. The fraction of sp³-hybridized carbons (Fsp3) is 0.562. The Morgan fingerprint density at radius 2 is 2.11 bits per heavy atom. The maximum Gasteiger partial charge on any atom is 0.162 e. The number of benzene rings is 1. The number of rotatable bonds is 8. The molecule has 0 saturated heterocycles. The molecule has 0 saturated carbocycles. The Morgan fingerprint density at radius 3 is 2.78 bits per heavy atom. The van der Waals surface area contributed by atoms with Crippen LogP contribution in [0.5, 0.6) is 0 Å². The smallest absolute Gasteiger partial charge is 0.162 e. The summed E-state index contributed by atoms with van der Waals surface area (Å²) in [5.41, 5.74) is 7.64. The van der Waals surface area contributed by atoms with Crippen molar-refractivity contribution in [3.63, 3.8) is 0 Å². The van der Waals surface area contributed by atoms with Gasteiger partial charge in [0.2, 0.25) is 0 Å². The average Bonchev–Trinajstić information content (AvgIpc) is 2.37. The summed E-state index contributed by atoms with van der Waals surface area (Å²) in [4.78, 5) is 12.1. The summed E-state index contributed by atoms with van der Waals surface area (Å²) in [6.07, 6.45) is 4.74. The Labute approximate surface area is 111 Å². The average molecular weight is 247 g/mol. The Balaban J connectivity index is 2.53. The Morgan fingerprint density at radius 1 is 1.33 bits per heavy atom. The van der Waals surface area contributed by atoms with E-state index in [-0.39, 0.29) is 5.78 Å². The highest BCUT2D eigenvalue weighted by molar-refractivity contribution is 5.96. The second kappa shape index (κ2) is 8.04. The quantitative estimate of drug-likeness (QED) is 0.713. The van der Waals surface area contributed by atoms with Gasteiger partial charge in [0, 0.05) is 12.0 Å². The number of carbonyl (C=O) groups is 1. The van der Waals surface area contributed by atoms with Crippen LogP contribution in [0.1, 0.15) is 55.5 Å². The molecule has 1 atom stereocenters. The molecule has 0 aliphatic heterocycles. The zero-order chi connectivity index (χ0) is 13.4. The van der Waals surface area contributed by atoms with Crippen LogP contribution in [-0.4, -0.2) is 12.3 Å². The van der Waals surface area contributed by atoms with Crippen LogP contribution in [-0.2, 0) is 6.42 Å². The van der Waals surface area contributed by atoms with Gasteiger partial charge in [-0.3, -0.25) is 4.79 Å². The van der Waals surface area contributed by atoms with E-state index >= 15 is 0 Å². The summed E-state index contributed by atoms with van der Waals surface area (Å²) in [5.74, 6) is 0.801. The summed E-state index contributed by atoms with van der Waals surface area (Å²) in [7, 11) is 0. The third-order valence-electron chi connectivity index (χ3n) is 3.31. The van der Waals surface area contributed by atoms with Gasteiger partial charge in [0.15, 0.2) is 5.78 Å². The van der Waals surface area contributed by atoms with E-state index in [0.29, 0.717) is 18.9 Å². The van der Waals surface area contributed by atoms with E-state index in [2.05, 4.69) is 19.9 Å². The van der Waals surface area contributed by atoms with E-state index < -0.39 is 0 Å². The second-order valence-corrected chi connectivity index (χ2v) is 5.09. The molecule has 18 heavy (non-hydrogen) atoms. The molecule has 0 amide bonds. The molecular formula is C16H25NO. The molecule has 1 unspecified atom stereocenters. The van der Waals surface area contributed by atoms with Crippen molar-refractivity contribution in [3.8, 4) is 0 Å². The monoisotopic (exact) mass is 247 g/mol. The maximum atomic E-state index is 12.1. The minimum atomic E-state index is 0.261. The lowest BCUT2D eigenvalue weighted by molar-refractivity contribution is 0.0974. The predicted molar refractivity (Wildman–Crippen MR) is 76.8 cm³/mol. The Bertz CT molecular complexity index is 373. The van der Waals surface area contributed by atoms with E-state index in [0.717, 1.165) is 31.2 Å². The van der Waals surface area contributed by atoms with Gasteiger partial charge in [-0.2, -0.15) is 0 Å². The zero-order valence-electron chi connectivity index (χ0n) is 11.6. The Hall–Kier alpha value is -1.15. The van der Waals surface area contributed by atoms with Gasteiger partial charge in [-0.1, -0.05) is 38.5 Å². The molecule has 0 aliphatic rings. The lowest BCUT2D eigenvalue weighted by atomic mass is 9.96. The van der Waals surface area contributed by atoms with Gasteiger partial charge >= 0.3 is 0 Å². The largest absolute Gasteiger partial charge is 0.330 e. The van der Waals surface area contributed by atoms with E-state index in [9.17, 15) is 4.79 Å². The molecule has 0 bridgehead atoms. The SMILES string of the molecule is CCCc1cccc(C(=O)CCC(C)CCN)c1. The van der Waals surface area contributed by atoms with Crippen molar-refractivity contribution in [3.05, 3.63) is 35.4 Å². The van der Waals surface area contributed by atoms with Crippen molar-refractivity contribution in [2.45, 2.75) is 46.0 Å². The maximum absolute atomic E-state index is 12.1. The Kier molecular flexibility index (Phi) is 6.66. The van der Waals surface area contributed by atoms with Gasteiger partial charge in [-0.05, 0) is 43.4 Å². The number of hydrogen-bond donors (Lipinski definition) is 1. The molecule has 1 aromatic rings. The van der Waals surface area contributed by atoms with Gasteiger partial charge in [-0.15, -0.1) is 0 Å². The molecule has 0 aromatic heterocycles. The molecule has 2 heteroatoms. The third-order valence-corrected chi connectivity index (χ3v) is 3.31. The predicted octanol–water partition coefficient (Wildman–Crippen LogP) is 3.59. The minimum Gasteiger partial charge on any atom is -0.330 e. The number of hydrogen-bond acceptors (Lipinski definition) is 2. The van der Waals surface area contributed by atoms with Crippen molar-refractivity contribution in [1.29, 1.82) is 0 Å². The summed E-state index contributed by atoms with van der Waals surface area (Å²) in [6.45, 7) is 5.03. The summed E-state index contributed by atoms with van der Waals surface area (Å²) >= 11 is 0. The first-order valence-corrected chi connectivity index (χ1v) is 6.99. The lowest BCUT2D eigenvalue weighted by Gasteiger charge is -2.09. The molecule has 1 rings (SSSR count). The van der Waals surface area contributed by atoms with Gasteiger partial charge in [0.05, 0.1) is 0 Å². The van der Waals surface area contributed by atoms with Crippen LogP contribution in [0.25, 0.3) is 0 Å². The topological polar surface area (TPSA) is 43.1 Å². The van der Waals surface area contributed by atoms with E-state index in [1.165, 1.54) is 5.56 Å². The molecule has 0 heterocycles. The number of aryl methyl sites for hydroxylation is 1. The molecule has 2 N–H and O–H groups in total. The van der Waals surface area contributed by atoms with Gasteiger partial charge < -0.3 is 5.73 Å². The van der Waals surface area contributed by atoms with Crippen LogP contribution in [0.2, 0.25) is 0 Å². The van der Waals surface area contributed by atoms with E-state index in [1.807, 2.05) is 18.2 Å². The standard InChI is InChI=1S/C16H25NO/c1-3-5-14-6-4-7-15(12-14)16(18)9-8-13(2)10-11-17/h4,6-7,12-13H,3,5,8-11,17H2,1-2H3. The van der Waals surface area contributed by atoms with Crippen LogP contribution in [0, 0.1) is 5.92 Å². The first-order chi connectivity index (χ1) is 8.67. The van der Waals surface area contributed by atoms with Gasteiger partial charge in [0.1, 0.15) is 0 Å². The zero-order valence-corrected chi connectivity index (χ0v) is 11.6. The number of carbonyl (C=O) groups excluding carboxylic acids is 1. The first-order valence-electron chi connectivity index (χ1n) is 6.99. The molecule has 0 spiro atoms. The van der Waals surface area contributed by atoms with Crippen LogP contribution in [0.4, 0.5) is 0 Å². The third kappa shape index (κ3) is 5.01. The molecular weight excluding hydrogens is 222 g/mol. The van der Waals surface area contributed by atoms with E-state index in [4.69, 9.17) is 5.73 Å². The van der Waals surface area contributed by atoms with Crippen molar-refractivity contribution < 1.29 is 4.79 Å². The summed E-state index contributed by atoms with van der Waals surface area (Å²) in [6, 6.07) is 8.05. The molecule has 100 valence electrons. The molecule has 2 nitrogen and oxygen atoms in total. The fourth-order valence-electron chi connectivity index (χ4n) is 2.14. The molecule has 0 fully saturated rings. The van der Waals surface area contributed by atoms with Crippen molar-refractivity contribution in [2.75, 3.05) is 6.54 Å². The van der Waals surface area contributed by atoms with Crippen LogP contribution < -0.4 is 5.73 Å². The highest BCUT2D eigenvalue weighted by Gasteiger charge is 2.09. The van der Waals surface area contributed by atoms with Crippen molar-refractivity contribution in [1.82, 2.24) is 0 Å². The fourth-order valence-corrected chi connectivity index (χ4v) is 2.14. The molecule has 0 aliphatic carbocycles. The lowest BCUT2D eigenvalue weighted by Crippen LogP contribution is -2.08. The highest BCUT2D eigenvalue weighted by Crippen LogP contribution is 2.14. The number of nitrogens with two attached hydrogens (primary N) is 1. The van der Waals surface area contributed by atoms with Crippen LogP contribution >= 0.6 is 0 Å². The van der Waals surface area contributed by atoms with Gasteiger partial charge in [0.25, 0.3) is 0 Å². The van der Waals surface area contributed by atoms with Gasteiger partial charge in [-0.25, -0.2) is 0 Å². The van der Waals surface area contributed by atoms with Crippen LogP contribution in [0.3, 0.4) is 0 Å². The normalized spacial score (nSPS) is 12.4.